The van der Waals surface area contributed by atoms with E-state index >= 15 is 0 Å². The van der Waals surface area contributed by atoms with Gasteiger partial charge in [0.1, 0.15) is 12.1 Å². The van der Waals surface area contributed by atoms with Crippen LogP contribution in [0.15, 0.2) is 59.6 Å². The van der Waals surface area contributed by atoms with Crippen molar-refractivity contribution in [2.24, 2.45) is 4.99 Å². The van der Waals surface area contributed by atoms with Crippen LogP contribution in [-0.4, -0.2) is 43.2 Å². The number of ether oxygens (including phenoxy) is 4. The van der Waals surface area contributed by atoms with Gasteiger partial charge in [-0.1, -0.05) is 62.2 Å². The SMILES string of the molecule is CCCCO[C@H]1CC[C@@H]2N=C(c3ccccc3C(=O)O[C@@H]3CCCC[C@H]3c3ccccc3)O[C@@H]2O1. The van der Waals surface area contributed by atoms with Crippen LogP contribution in [0.1, 0.15) is 85.7 Å². The fourth-order valence-electron chi connectivity index (χ4n) is 5.26. The standard InChI is InChI=1S/C29H35NO5/c1-2-3-19-32-26-18-17-24-29(34-26)35-27(30-24)22-14-7-8-15-23(22)28(31)33-25-16-10-9-13-21(25)20-11-5-4-6-12-20/h4-8,11-12,14-15,21,24-26,29H,2-3,9-10,13,16-19H2,1H3/t21-,24-,25+,26+,29-/m0/s1. The molecule has 1 saturated carbocycles. The molecule has 6 nitrogen and oxygen atoms in total. The molecule has 3 aliphatic rings. The van der Waals surface area contributed by atoms with Crippen molar-refractivity contribution < 1.29 is 23.7 Å². The number of esters is 1. The Kier molecular flexibility index (Phi) is 7.79. The van der Waals surface area contributed by atoms with Gasteiger partial charge in [-0.2, -0.15) is 0 Å². The lowest BCUT2D eigenvalue weighted by Gasteiger charge is -2.31. The second kappa shape index (κ2) is 11.4. The number of hydrogen-bond acceptors (Lipinski definition) is 6. The number of benzene rings is 2. The zero-order valence-electron chi connectivity index (χ0n) is 20.4. The molecule has 2 aromatic rings. The molecular weight excluding hydrogens is 442 g/mol. The molecule has 6 heteroatoms. The predicted molar refractivity (Wildman–Crippen MR) is 133 cm³/mol. The number of aliphatic imine (C=N–C) groups is 1. The molecule has 0 bridgehead atoms. The number of carbonyl (C=O) groups excluding carboxylic acids is 1. The van der Waals surface area contributed by atoms with E-state index in [1.807, 2.05) is 24.3 Å². The predicted octanol–water partition coefficient (Wildman–Crippen LogP) is 5.99. The molecule has 5 rings (SSSR count). The summed E-state index contributed by atoms with van der Waals surface area (Å²) in [5.41, 5.74) is 2.38. The first kappa shape index (κ1) is 24.0. The molecule has 5 atom stereocenters. The van der Waals surface area contributed by atoms with Crippen LogP contribution in [0.25, 0.3) is 0 Å². The van der Waals surface area contributed by atoms with Crippen LogP contribution in [0.2, 0.25) is 0 Å². The molecule has 0 radical (unpaired) electrons. The van der Waals surface area contributed by atoms with Crippen LogP contribution in [0, 0.1) is 0 Å². The van der Waals surface area contributed by atoms with E-state index in [1.54, 1.807) is 6.07 Å². The highest BCUT2D eigenvalue weighted by Gasteiger charge is 2.40. The fourth-order valence-corrected chi connectivity index (χ4v) is 5.26. The van der Waals surface area contributed by atoms with Crippen molar-refractivity contribution in [3.8, 4) is 0 Å². The Morgan fingerprint density at radius 3 is 2.66 bits per heavy atom. The molecule has 2 aliphatic heterocycles. The second-order valence-corrected chi connectivity index (χ2v) is 9.65. The van der Waals surface area contributed by atoms with Gasteiger partial charge in [-0.15, -0.1) is 0 Å². The summed E-state index contributed by atoms with van der Waals surface area (Å²) in [6.07, 6.45) is 6.97. The number of nitrogens with zero attached hydrogens (tertiary/aromatic N) is 1. The van der Waals surface area contributed by atoms with Gasteiger partial charge in [-0.3, -0.25) is 0 Å². The monoisotopic (exact) mass is 477 g/mol. The highest BCUT2D eigenvalue weighted by Crippen LogP contribution is 2.36. The zero-order chi connectivity index (χ0) is 24.0. The first-order valence-electron chi connectivity index (χ1n) is 13.1. The van der Waals surface area contributed by atoms with Gasteiger partial charge in [-0.25, -0.2) is 9.79 Å². The lowest BCUT2D eigenvalue weighted by atomic mass is 9.81. The Bertz CT molecular complexity index is 1020. The maximum absolute atomic E-state index is 13.4. The lowest BCUT2D eigenvalue weighted by Crippen LogP contribution is -2.38. The summed E-state index contributed by atoms with van der Waals surface area (Å²) in [6, 6.07) is 17.7. The minimum Gasteiger partial charge on any atom is -0.458 e. The van der Waals surface area contributed by atoms with Crippen molar-refractivity contribution in [1.82, 2.24) is 0 Å². The van der Waals surface area contributed by atoms with Crippen molar-refractivity contribution in [2.45, 2.75) is 88.9 Å². The quantitative estimate of drug-likeness (QED) is 0.345. The highest BCUT2D eigenvalue weighted by molar-refractivity contribution is 6.06. The molecule has 2 heterocycles. The third-order valence-corrected chi connectivity index (χ3v) is 7.18. The number of hydrogen-bond donors (Lipinski definition) is 0. The Morgan fingerprint density at radius 1 is 1.00 bits per heavy atom. The summed E-state index contributed by atoms with van der Waals surface area (Å²) in [7, 11) is 0. The van der Waals surface area contributed by atoms with Gasteiger partial charge in [0.2, 0.25) is 12.2 Å². The summed E-state index contributed by atoms with van der Waals surface area (Å²) < 4.78 is 24.1. The summed E-state index contributed by atoms with van der Waals surface area (Å²) in [6.45, 7) is 2.83. The van der Waals surface area contributed by atoms with Gasteiger partial charge in [0.05, 0.1) is 11.1 Å². The van der Waals surface area contributed by atoms with E-state index in [0.717, 1.165) is 51.4 Å². The van der Waals surface area contributed by atoms with Gasteiger partial charge < -0.3 is 18.9 Å². The van der Waals surface area contributed by atoms with E-state index in [9.17, 15) is 4.79 Å². The minimum absolute atomic E-state index is 0.0825. The van der Waals surface area contributed by atoms with Gasteiger partial charge in [0.15, 0.2) is 6.29 Å². The third-order valence-electron chi connectivity index (χ3n) is 7.18. The molecule has 35 heavy (non-hydrogen) atoms. The summed E-state index contributed by atoms with van der Waals surface area (Å²) in [5, 5.41) is 0. The van der Waals surface area contributed by atoms with E-state index in [4.69, 9.17) is 23.9 Å². The van der Waals surface area contributed by atoms with Crippen LogP contribution in [0.4, 0.5) is 0 Å². The normalized spacial score (nSPS) is 28.0. The van der Waals surface area contributed by atoms with E-state index in [2.05, 4.69) is 31.2 Å². The molecule has 1 saturated heterocycles. The molecule has 0 unspecified atom stereocenters. The number of fused-ring (bicyclic) bond motifs is 1. The number of unbranched alkanes of at least 4 members (excludes halogenated alkanes) is 1. The Morgan fingerprint density at radius 2 is 1.80 bits per heavy atom. The molecular formula is C29H35NO5. The van der Waals surface area contributed by atoms with Crippen molar-refractivity contribution in [3.05, 3.63) is 71.3 Å². The molecule has 0 aromatic heterocycles. The smallest absolute Gasteiger partial charge is 0.339 e. The number of rotatable bonds is 8. The second-order valence-electron chi connectivity index (χ2n) is 9.65. The first-order valence-corrected chi connectivity index (χ1v) is 13.1. The maximum Gasteiger partial charge on any atom is 0.339 e. The summed E-state index contributed by atoms with van der Waals surface area (Å²) in [5.74, 6) is 0.350. The third kappa shape index (κ3) is 5.60. The van der Waals surface area contributed by atoms with E-state index in [-0.39, 0.29) is 30.3 Å². The van der Waals surface area contributed by atoms with Gasteiger partial charge in [0.25, 0.3) is 0 Å². The Labute approximate surface area is 207 Å². The van der Waals surface area contributed by atoms with E-state index in [0.29, 0.717) is 23.6 Å². The van der Waals surface area contributed by atoms with Gasteiger partial charge in [-0.05, 0) is 49.8 Å². The van der Waals surface area contributed by atoms with Crippen molar-refractivity contribution in [3.63, 3.8) is 0 Å². The first-order chi connectivity index (χ1) is 17.2. The zero-order valence-corrected chi connectivity index (χ0v) is 20.4. The van der Waals surface area contributed by atoms with E-state index < -0.39 is 6.29 Å². The molecule has 2 fully saturated rings. The van der Waals surface area contributed by atoms with Crippen molar-refractivity contribution in [1.29, 1.82) is 0 Å². The molecule has 0 amide bonds. The number of carbonyl (C=O) groups is 1. The summed E-state index contributed by atoms with van der Waals surface area (Å²) in [4.78, 5) is 18.2. The molecule has 2 aromatic carbocycles. The van der Waals surface area contributed by atoms with Crippen LogP contribution in [-0.2, 0) is 18.9 Å². The van der Waals surface area contributed by atoms with Crippen molar-refractivity contribution in [2.75, 3.05) is 6.61 Å². The minimum atomic E-state index is -0.477. The Balaban J connectivity index is 1.28. The Hall–Kier alpha value is -2.70. The van der Waals surface area contributed by atoms with E-state index in [1.165, 1.54) is 5.56 Å². The largest absolute Gasteiger partial charge is 0.458 e. The molecule has 0 spiro atoms. The molecule has 1 aliphatic carbocycles. The van der Waals surface area contributed by atoms with Crippen molar-refractivity contribution >= 4 is 11.9 Å². The molecule has 186 valence electrons. The van der Waals surface area contributed by atoms with Crippen LogP contribution >= 0.6 is 0 Å². The van der Waals surface area contributed by atoms with Gasteiger partial charge >= 0.3 is 5.97 Å². The molecule has 0 N–H and O–H groups in total. The average Bonchev–Trinajstić information content (AvgIpc) is 3.33. The van der Waals surface area contributed by atoms with Crippen LogP contribution < -0.4 is 0 Å². The average molecular weight is 478 g/mol. The topological polar surface area (TPSA) is 66.4 Å². The van der Waals surface area contributed by atoms with Gasteiger partial charge in [0, 0.05) is 18.9 Å². The van der Waals surface area contributed by atoms with Crippen LogP contribution in [0.5, 0.6) is 0 Å². The fraction of sp³-hybridized carbons (Fsp3) is 0.517. The van der Waals surface area contributed by atoms with Crippen LogP contribution in [0.3, 0.4) is 0 Å². The maximum atomic E-state index is 13.4. The summed E-state index contributed by atoms with van der Waals surface area (Å²) >= 11 is 0. The lowest BCUT2D eigenvalue weighted by molar-refractivity contribution is -0.244. The highest BCUT2D eigenvalue weighted by atomic mass is 16.8.